The zero-order valence-electron chi connectivity index (χ0n) is 5.12. The van der Waals surface area contributed by atoms with Crippen molar-refractivity contribution in [3.63, 3.8) is 0 Å². The molecule has 0 nitrogen and oxygen atoms in total. The third-order valence-corrected chi connectivity index (χ3v) is 5.48. The van der Waals surface area contributed by atoms with Crippen LogP contribution in [0.4, 0.5) is 0 Å². The zero-order chi connectivity index (χ0) is 6.10. The molecule has 0 aromatic carbocycles. The molecular weight excluding hydrogens is 146 g/mol. The lowest BCUT2D eigenvalue weighted by atomic mass is 10.6. The second kappa shape index (κ2) is 2.37. The predicted molar refractivity (Wildman–Crippen MR) is 46.9 cm³/mol. The fourth-order valence-corrected chi connectivity index (χ4v) is 4.70. The molecule has 2 heteroatoms. The summed E-state index contributed by atoms with van der Waals surface area (Å²) in [6.07, 6.45) is 9.51. The second-order valence-electron chi connectivity index (χ2n) is 2.14. The minimum absolute atomic E-state index is 0.193. The van der Waals surface area contributed by atoms with Crippen molar-refractivity contribution in [3.8, 4) is 0 Å². The Hall–Kier alpha value is 0.0800. The molecule has 2 aliphatic heterocycles. The van der Waals surface area contributed by atoms with E-state index in [2.05, 4.69) is 24.0 Å². The molecule has 2 aliphatic rings. The molecule has 0 saturated carbocycles. The molecule has 46 valence electrons. The first-order valence-corrected chi connectivity index (χ1v) is 5.79. The Bertz CT molecular complexity index is 201. The normalized spacial score (nSPS) is 32.0. The van der Waals surface area contributed by atoms with Gasteiger partial charge in [0.2, 0.25) is 0 Å². The molecule has 2 rings (SSSR count). The van der Waals surface area contributed by atoms with Gasteiger partial charge in [-0.2, -0.15) is 0 Å². The van der Waals surface area contributed by atoms with Crippen LogP contribution < -0.4 is 0 Å². The molecule has 0 N–H and O–H groups in total. The summed E-state index contributed by atoms with van der Waals surface area (Å²) in [5.41, 5.74) is 0. The van der Waals surface area contributed by atoms with Crippen molar-refractivity contribution in [1.29, 1.82) is 0 Å². The van der Waals surface area contributed by atoms with E-state index in [4.69, 9.17) is 0 Å². The highest BCUT2D eigenvalue weighted by atomic mass is 31.1. The van der Waals surface area contributed by atoms with Gasteiger partial charge in [-0.3, -0.25) is 0 Å². The second-order valence-corrected chi connectivity index (χ2v) is 5.74. The maximum atomic E-state index is 2.40. The highest BCUT2D eigenvalue weighted by Crippen LogP contribution is 2.48. The number of fused-ring (bicyclic) bond motifs is 1. The Morgan fingerprint density at radius 1 is 1.44 bits per heavy atom. The Morgan fingerprint density at radius 3 is 3.33 bits per heavy atom. The van der Waals surface area contributed by atoms with Crippen LogP contribution in [0.1, 0.15) is 0 Å². The van der Waals surface area contributed by atoms with Gasteiger partial charge < -0.3 is 0 Å². The molecule has 9 heavy (non-hydrogen) atoms. The predicted octanol–water partition coefficient (Wildman–Crippen LogP) is 2.64. The van der Waals surface area contributed by atoms with Crippen LogP contribution in [0.2, 0.25) is 0 Å². The van der Waals surface area contributed by atoms with Crippen molar-refractivity contribution in [2.24, 2.45) is 0 Å². The SMILES string of the molecule is C1=C[P@]2CC=CC2=PC1. The number of hydrogen-bond donors (Lipinski definition) is 0. The molecule has 0 amide bonds. The summed E-state index contributed by atoms with van der Waals surface area (Å²) < 4.78 is 0. The van der Waals surface area contributed by atoms with Gasteiger partial charge in [-0.05, 0) is 14.1 Å². The maximum Gasteiger partial charge on any atom is 0.00838 e. The molecule has 0 aromatic heterocycles. The smallest absolute Gasteiger partial charge is 0.00838 e. The van der Waals surface area contributed by atoms with Crippen LogP contribution in [0.15, 0.2) is 24.0 Å². The summed E-state index contributed by atoms with van der Waals surface area (Å²) in [4.78, 5) is 0. The molecule has 2 heterocycles. The molecule has 0 fully saturated rings. The standard InChI is InChI=1S/C7H8P2/c1-3-7-8-4-2-6-9(7)5-1/h1-3,6H,4-5H2/t9-/m0/s1. The molecule has 0 bridgehead atoms. The van der Waals surface area contributed by atoms with Gasteiger partial charge in [0.1, 0.15) is 0 Å². The monoisotopic (exact) mass is 154 g/mol. The molecule has 0 unspecified atom stereocenters. The van der Waals surface area contributed by atoms with E-state index < -0.39 is 0 Å². The maximum absolute atomic E-state index is 2.40. The zero-order valence-corrected chi connectivity index (χ0v) is 6.91. The summed E-state index contributed by atoms with van der Waals surface area (Å²) in [6.45, 7) is 0. The van der Waals surface area contributed by atoms with Crippen LogP contribution in [0, 0.1) is 0 Å². The van der Waals surface area contributed by atoms with Gasteiger partial charge >= 0.3 is 0 Å². The van der Waals surface area contributed by atoms with Gasteiger partial charge in [0.05, 0.1) is 0 Å². The topological polar surface area (TPSA) is 0 Å². The molecule has 1 atom stereocenters. The van der Waals surface area contributed by atoms with Crippen LogP contribution >= 0.6 is 16.1 Å². The number of rotatable bonds is 0. The lowest BCUT2D eigenvalue weighted by Gasteiger charge is -2.08. The van der Waals surface area contributed by atoms with E-state index in [0.717, 1.165) is 0 Å². The van der Waals surface area contributed by atoms with E-state index in [1.54, 1.807) is 13.2 Å². The fourth-order valence-electron chi connectivity index (χ4n) is 1.06. The van der Waals surface area contributed by atoms with Crippen molar-refractivity contribution in [2.75, 3.05) is 12.3 Å². The Labute approximate surface area is 58.2 Å². The first kappa shape index (κ1) is 5.83. The van der Waals surface area contributed by atoms with Crippen LogP contribution in [0.3, 0.4) is 0 Å². The van der Waals surface area contributed by atoms with Gasteiger partial charge in [-0.1, -0.05) is 32.2 Å². The summed E-state index contributed by atoms with van der Waals surface area (Å²) in [5.74, 6) is 2.40. The molecule has 0 radical (unpaired) electrons. The van der Waals surface area contributed by atoms with Crippen LogP contribution in [-0.4, -0.2) is 17.4 Å². The Kier molecular flexibility index (Phi) is 1.53. The Balaban J connectivity index is 2.29. The van der Waals surface area contributed by atoms with E-state index in [0.29, 0.717) is 0 Å². The number of allylic oxidation sites excluding steroid dienone is 3. The first-order valence-electron chi connectivity index (χ1n) is 3.11. The summed E-state index contributed by atoms with van der Waals surface area (Å²) in [7, 11) is 1.75. The third kappa shape index (κ3) is 1.02. The largest absolute Gasteiger partial charge is 0.0916 e. The molecule has 0 spiro atoms. The first-order chi connectivity index (χ1) is 4.47. The fraction of sp³-hybridized carbons (Fsp3) is 0.286. The summed E-state index contributed by atoms with van der Waals surface area (Å²) in [5, 5.41) is 1.69. The molecule has 0 aliphatic carbocycles. The van der Waals surface area contributed by atoms with Gasteiger partial charge in [0.15, 0.2) is 0 Å². The van der Waals surface area contributed by atoms with Crippen molar-refractivity contribution in [2.45, 2.75) is 0 Å². The van der Waals surface area contributed by atoms with E-state index in [1.165, 1.54) is 12.3 Å². The number of hydrogen-bond acceptors (Lipinski definition) is 0. The molecule has 0 saturated heterocycles. The van der Waals surface area contributed by atoms with Crippen molar-refractivity contribution < 1.29 is 0 Å². The van der Waals surface area contributed by atoms with Crippen LogP contribution in [0.25, 0.3) is 0 Å². The van der Waals surface area contributed by atoms with Crippen molar-refractivity contribution in [3.05, 3.63) is 24.0 Å². The van der Waals surface area contributed by atoms with Crippen LogP contribution in [0.5, 0.6) is 0 Å². The minimum Gasteiger partial charge on any atom is -0.0916 e. The van der Waals surface area contributed by atoms with Crippen molar-refractivity contribution in [1.82, 2.24) is 0 Å². The Morgan fingerprint density at radius 2 is 2.44 bits per heavy atom. The van der Waals surface area contributed by atoms with Gasteiger partial charge in [-0.25, -0.2) is 0 Å². The van der Waals surface area contributed by atoms with Gasteiger partial charge in [-0.15, -0.1) is 0 Å². The van der Waals surface area contributed by atoms with E-state index in [9.17, 15) is 0 Å². The van der Waals surface area contributed by atoms with Crippen molar-refractivity contribution >= 4 is 21.2 Å². The summed E-state index contributed by atoms with van der Waals surface area (Å²) >= 11 is 0. The minimum atomic E-state index is 0.193. The van der Waals surface area contributed by atoms with E-state index in [1.807, 2.05) is 0 Å². The third-order valence-electron chi connectivity index (χ3n) is 1.51. The molecular formula is C7H8P2. The highest BCUT2D eigenvalue weighted by Gasteiger charge is 2.13. The van der Waals surface area contributed by atoms with E-state index in [-0.39, 0.29) is 7.92 Å². The highest BCUT2D eigenvalue weighted by molar-refractivity contribution is 7.88. The average Bonchev–Trinajstić information content (AvgIpc) is 2.33. The van der Waals surface area contributed by atoms with Gasteiger partial charge in [0.25, 0.3) is 0 Å². The summed E-state index contributed by atoms with van der Waals surface area (Å²) in [6, 6.07) is 0. The average molecular weight is 154 g/mol. The quantitative estimate of drug-likeness (QED) is 0.470. The lowest BCUT2D eigenvalue weighted by molar-refractivity contribution is 1.78. The molecule has 0 aromatic rings. The van der Waals surface area contributed by atoms with Crippen LogP contribution in [-0.2, 0) is 0 Å². The lowest BCUT2D eigenvalue weighted by Crippen LogP contribution is -1.85. The van der Waals surface area contributed by atoms with E-state index >= 15 is 0 Å². The van der Waals surface area contributed by atoms with Gasteiger partial charge in [0, 0.05) is 11.2 Å².